The van der Waals surface area contributed by atoms with E-state index in [1.807, 2.05) is 36.4 Å². The lowest BCUT2D eigenvalue weighted by Gasteiger charge is -1.96. The zero-order valence-electron chi connectivity index (χ0n) is 10.6. The lowest BCUT2D eigenvalue weighted by molar-refractivity contribution is -0.117. The van der Waals surface area contributed by atoms with Gasteiger partial charge in [0.05, 0.1) is 16.6 Å². The quantitative estimate of drug-likeness (QED) is 0.802. The highest BCUT2D eigenvalue weighted by Gasteiger charge is 2.07. The Hall–Kier alpha value is -1.85. The number of hydrogen-bond donors (Lipinski definition) is 1. The molecule has 0 saturated carbocycles. The van der Waals surface area contributed by atoms with Gasteiger partial charge in [0.15, 0.2) is 4.34 Å². The molecule has 3 aromatic rings. The Morgan fingerprint density at radius 1 is 1.20 bits per heavy atom. The van der Waals surface area contributed by atoms with Gasteiger partial charge in [0.25, 0.3) is 0 Å². The van der Waals surface area contributed by atoms with Gasteiger partial charge in [-0.05, 0) is 29.8 Å². The van der Waals surface area contributed by atoms with E-state index in [4.69, 9.17) is 5.73 Å². The summed E-state index contributed by atoms with van der Waals surface area (Å²) in [6.45, 7) is 0. The van der Waals surface area contributed by atoms with E-state index in [9.17, 15) is 4.79 Å². The van der Waals surface area contributed by atoms with Crippen LogP contribution in [0, 0.1) is 0 Å². The molecule has 20 heavy (non-hydrogen) atoms. The van der Waals surface area contributed by atoms with Gasteiger partial charge in [-0.3, -0.25) is 4.79 Å². The van der Waals surface area contributed by atoms with Gasteiger partial charge in [-0.15, -0.1) is 11.3 Å². The average Bonchev–Trinajstić information content (AvgIpc) is 2.80. The molecule has 1 heterocycles. The molecular weight excluding hydrogens is 288 g/mol. The van der Waals surface area contributed by atoms with Crippen molar-refractivity contribution in [1.82, 2.24) is 4.98 Å². The number of primary amides is 1. The van der Waals surface area contributed by atoms with Gasteiger partial charge in [0.1, 0.15) is 0 Å². The van der Waals surface area contributed by atoms with Crippen LogP contribution in [0.25, 0.3) is 10.2 Å². The Morgan fingerprint density at radius 3 is 2.75 bits per heavy atom. The van der Waals surface area contributed by atoms with Crippen LogP contribution >= 0.6 is 23.1 Å². The lowest BCUT2D eigenvalue weighted by Crippen LogP contribution is -2.13. The van der Waals surface area contributed by atoms with Crippen molar-refractivity contribution >= 4 is 39.2 Å². The molecular formula is C15H12N2OS2. The topological polar surface area (TPSA) is 56.0 Å². The minimum Gasteiger partial charge on any atom is -0.369 e. The standard InChI is InChI=1S/C15H12N2OS2/c16-14(18)9-10-6-7-12-13(8-10)20-15(17-12)19-11-4-2-1-3-5-11/h1-8H,9H2,(H2,16,18). The monoisotopic (exact) mass is 300 g/mol. The van der Waals surface area contributed by atoms with Crippen LogP contribution in [-0.4, -0.2) is 10.9 Å². The average molecular weight is 300 g/mol. The smallest absolute Gasteiger partial charge is 0.221 e. The molecule has 0 radical (unpaired) electrons. The highest BCUT2D eigenvalue weighted by molar-refractivity contribution is 8.01. The molecule has 2 N–H and O–H groups in total. The Labute approximate surface area is 124 Å². The Morgan fingerprint density at radius 2 is 2.00 bits per heavy atom. The molecule has 0 unspecified atom stereocenters. The molecule has 0 bridgehead atoms. The number of fused-ring (bicyclic) bond motifs is 1. The van der Waals surface area contributed by atoms with Crippen LogP contribution < -0.4 is 5.73 Å². The molecule has 5 heteroatoms. The van der Waals surface area contributed by atoms with Gasteiger partial charge < -0.3 is 5.73 Å². The molecule has 0 aliphatic heterocycles. The molecule has 0 aliphatic carbocycles. The zero-order chi connectivity index (χ0) is 13.9. The lowest BCUT2D eigenvalue weighted by atomic mass is 10.1. The summed E-state index contributed by atoms with van der Waals surface area (Å²) < 4.78 is 2.09. The first-order chi connectivity index (χ1) is 9.70. The summed E-state index contributed by atoms with van der Waals surface area (Å²) in [5.41, 5.74) is 7.12. The third-order valence-corrected chi connectivity index (χ3v) is 4.85. The summed E-state index contributed by atoms with van der Waals surface area (Å²) in [6.07, 6.45) is 0.273. The van der Waals surface area contributed by atoms with Crippen molar-refractivity contribution in [3.05, 3.63) is 54.1 Å². The third kappa shape index (κ3) is 3.00. The number of aromatic nitrogens is 1. The summed E-state index contributed by atoms with van der Waals surface area (Å²) in [6, 6.07) is 16.0. The maximum Gasteiger partial charge on any atom is 0.221 e. The molecule has 1 amide bonds. The van der Waals surface area contributed by atoms with Crippen LogP contribution in [0.3, 0.4) is 0 Å². The van der Waals surface area contributed by atoms with Crippen molar-refractivity contribution in [1.29, 1.82) is 0 Å². The summed E-state index contributed by atoms with van der Waals surface area (Å²) in [7, 11) is 0. The molecule has 0 atom stereocenters. The SMILES string of the molecule is NC(=O)Cc1ccc2nc(Sc3ccccc3)sc2c1. The fourth-order valence-electron chi connectivity index (χ4n) is 1.89. The van der Waals surface area contributed by atoms with Crippen LogP contribution in [0.15, 0.2) is 57.8 Å². The van der Waals surface area contributed by atoms with Crippen molar-refractivity contribution in [2.75, 3.05) is 0 Å². The van der Waals surface area contributed by atoms with Crippen molar-refractivity contribution < 1.29 is 4.79 Å². The van der Waals surface area contributed by atoms with Gasteiger partial charge in [-0.1, -0.05) is 36.0 Å². The van der Waals surface area contributed by atoms with E-state index in [0.717, 1.165) is 20.1 Å². The van der Waals surface area contributed by atoms with E-state index in [0.29, 0.717) is 0 Å². The van der Waals surface area contributed by atoms with Gasteiger partial charge in [-0.2, -0.15) is 0 Å². The molecule has 1 aromatic heterocycles. The maximum atomic E-state index is 11.0. The fourth-order valence-corrected chi connectivity index (χ4v) is 4.02. The summed E-state index contributed by atoms with van der Waals surface area (Å²) >= 11 is 3.28. The number of carbonyl (C=O) groups is 1. The van der Waals surface area contributed by atoms with E-state index < -0.39 is 0 Å². The first kappa shape index (κ1) is 13.1. The van der Waals surface area contributed by atoms with E-state index in [1.165, 1.54) is 4.90 Å². The molecule has 3 rings (SSSR count). The minimum absolute atomic E-state index is 0.273. The first-order valence-electron chi connectivity index (χ1n) is 6.11. The number of benzene rings is 2. The third-order valence-electron chi connectivity index (χ3n) is 2.76. The van der Waals surface area contributed by atoms with Crippen molar-refractivity contribution in [2.45, 2.75) is 15.7 Å². The van der Waals surface area contributed by atoms with Crippen molar-refractivity contribution in [3.8, 4) is 0 Å². The number of carbonyl (C=O) groups excluding carboxylic acids is 1. The van der Waals surface area contributed by atoms with Crippen LogP contribution in [0.5, 0.6) is 0 Å². The molecule has 0 saturated heterocycles. The summed E-state index contributed by atoms with van der Waals surface area (Å²) in [5, 5.41) is 0. The molecule has 100 valence electrons. The number of hydrogen-bond acceptors (Lipinski definition) is 4. The number of thiazole rings is 1. The van der Waals surface area contributed by atoms with Gasteiger partial charge in [0.2, 0.25) is 5.91 Å². The van der Waals surface area contributed by atoms with Crippen molar-refractivity contribution in [2.24, 2.45) is 5.73 Å². The highest BCUT2D eigenvalue weighted by Crippen LogP contribution is 2.34. The molecule has 0 aliphatic rings. The van der Waals surface area contributed by atoms with Gasteiger partial charge in [0, 0.05) is 4.90 Å². The molecule has 0 spiro atoms. The Balaban J connectivity index is 1.88. The molecule has 0 fully saturated rings. The highest BCUT2D eigenvalue weighted by atomic mass is 32.2. The van der Waals surface area contributed by atoms with E-state index in [-0.39, 0.29) is 12.3 Å². The van der Waals surface area contributed by atoms with Crippen molar-refractivity contribution in [3.63, 3.8) is 0 Å². The predicted molar refractivity (Wildman–Crippen MR) is 83.1 cm³/mol. The first-order valence-corrected chi connectivity index (χ1v) is 7.75. The number of amides is 1. The van der Waals surface area contributed by atoms with Gasteiger partial charge in [-0.25, -0.2) is 4.98 Å². The number of rotatable bonds is 4. The summed E-state index contributed by atoms with van der Waals surface area (Å²) in [5.74, 6) is -0.312. The number of nitrogens with two attached hydrogens (primary N) is 1. The minimum atomic E-state index is -0.312. The summed E-state index contributed by atoms with van der Waals surface area (Å²) in [4.78, 5) is 16.7. The van der Waals surface area contributed by atoms with E-state index in [2.05, 4.69) is 17.1 Å². The van der Waals surface area contributed by atoms with Crippen LogP contribution in [-0.2, 0) is 11.2 Å². The second-order valence-electron chi connectivity index (χ2n) is 4.34. The Kier molecular flexibility index (Phi) is 3.71. The van der Waals surface area contributed by atoms with E-state index >= 15 is 0 Å². The van der Waals surface area contributed by atoms with Crippen LogP contribution in [0.2, 0.25) is 0 Å². The largest absolute Gasteiger partial charge is 0.369 e. The zero-order valence-corrected chi connectivity index (χ0v) is 12.2. The van der Waals surface area contributed by atoms with Crippen LogP contribution in [0.1, 0.15) is 5.56 Å². The normalized spacial score (nSPS) is 10.8. The molecule has 3 nitrogen and oxygen atoms in total. The van der Waals surface area contributed by atoms with E-state index in [1.54, 1.807) is 23.1 Å². The Bertz CT molecular complexity index is 753. The predicted octanol–water partition coefficient (Wildman–Crippen LogP) is 3.48. The fraction of sp³-hybridized carbons (Fsp3) is 0.0667. The van der Waals surface area contributed by atoms with Crippen LogP contribution in [0.4, 0.5) is 0 Å². The maximum absolute atomic E-state index is 11.0. The second-order valence-corrected chi connectivity index (χ2v) is 6.69. The van der Waals surface area contributed by atoms with Gasteiger partial charge >= 0.3 is 0 Å². The second kappa shape index (κ2) is 5.64. The molecule has 2 aromatic carbocycles. The number of nitrogens with zero attached hydrogens (tertiary/aromatic N) is 1.